The lowest BCUT2D eigenvalue weighted by Gasteiger charge is -2.32. The average Bonchev–Trinajstić information content (AvgIpc) is 3.49. The van der Waals surface area contributed by atoms with Crippen molar-refractivity contribution in [3.05, 3.63) is 65.0 Å². The Morgan fingerprint density at radius 3 is 2.48 bits per heavy atom. The summed E-state index contributed by atoms with van der Waals surface area (Å²) in [4.78, 5) is 40.0. The molecule has 48 heavy (non-hydrogen) atoms. The Morgan fingerprint density at radius 2 is 1.79 bits per heavy atom. The molecule has 1 fully saturated rings. The van der Waals surface area contributed by atoms with Gasteiger partial charge < -0.3 is 20.1 Å². The van der Waals surface area contributed by atoms with Crippen LogP contribution < -0.4 is 15.4 Å². The number of rotatable bonds is 17. The van der Waals surface area contributed by atoms with Crippen molar-refractivity contribution in [1.82, 2.24) is 25.1 Å². The van der Waals surface area contributed by atoms with Gasteiger partial charge in [0.1, 0.15) is 12.2 Å². The van der Waals surface area contributed by atoms with Crippen molar-refractivity contribution < 1.29 is 32.3 Å². The Kier molecular flexibility index (Phi) is 14.2. The second-order valence-electron chi connectivity index (χ2n) is 12.8. The maximum absolute atomic E-state index is 13.8. The van der Waals surface area contributed by atoms with Gasteiger partial charge in [0.15, 0.2) is 5.69 Å². The molecule has 3 amide bonds. The first-order valence-electron chi connectivity index (χ1n) is 17.2. The third kappa shape index (κ3) is 11.6. The van der Waals surface area contributed by atoms with Gasteiger partial charge in [-0.05, 0) is 62.5 Å². The molecule has 12 nitrogen and oxygen atoms in total. The predicted octanol–water partition coefficient (Wildman–Crippen LogP) is 4.41. The fraction of sp³-hybridized carbons (Fsp3) is 0.600. The molecule has 1 aromatic heterocycles. The molecule has 2 aromatic rings. The standard InChI is InChI=1S/C35H51N5O7S/c1-4-14-27(31(5-2)46-23-25-15-8-6-9-16-25)37-35(43)30-21-29(34(42)39-48(3,44)45)38-40(30)22-33(41)36-28-19-12-13-20-32(28)47-24-26-17-10-7-11-18-26/h7,10-11,15,17-18,21,27-28,31-32H,4-6,8-9,12-14,16,19-20,22-24H2,1-3H3,(H,36,41)(H,37,43)(H,39,42)/t27-,28-,31-,32-/m0/s1. The van der Waals surface area contributed by atoms with E-state index in [1.807, 2.05) is 48.9 Å². The van der Waals surface area contributed by atoms with Crippen molar-refractivity contribution in [2.45, 2.75) is 122 Å². The van der Waals surface area contributed by atoms with Crippen LogP contribution in [0.4, 0.5) is 0 Å². The van der Waals surface area contributed by atoms with E-state index in [-0.39, 0.29) is 42.2 Å². The summed E-state index contributed by atoms with van der Waals surface area (Å²) in [5, 5.41) is 10.3. The quantitative estimate of drug-likeness (QED) is 0.207. The summed E-state index contributed by atoms with van der Waals surface area (Å²) in [6.45, 7) is 4.63. The van der Waals surface area contributed by atoms with Crippen LogP contribution in [0, 0.1) is 0 Å². The summed E-state index contributed by atoms with van der Waals surface area (Å²) < 4.78 is 39.1. The molecule has 0 radical (unpaired) electrons. The molecule has 2 aliphatic carbocycles. The first kappa shape index (κ1) is 37.3. The van der Waals surface area contributed by atoms with Gasteiger partial charge in [0.25, 0.3) is 11.8 Å². The zero-order valence-corrected chi connectivity index (χ0v) is 29.2. The molecule has 0 saturated heterocycles. The van der Waals surface area contributed by atoms with Crippen molar-refractivity contribution in [1.29, 1.82) is 0 Å². The Hall–Kier alpha value is -3.55. The van der Waals surface area contributed by atoms with Crippen LogP contribution in [-0.4, -0.2) is 73.1 Å². The second kappa shape index (κ2) is 18.3. The normalized spacial score (nSPS) is 19.5. The summed E-state index contributed by atoms with van der Waals surface area (Å²) in [6.07, 6.45) is 12.7. The average molecular weight is 686 g/mol. The van der Waals surface area contributed by atoms with Gasteiger partial charge in [0.05, 0.1) is 43.8 Å². The van der Waals surface area contributed by atoms with E-state index in [2.05, 4.69) is 21.8 Å². The minimum absolute atomic E-state index is 0.0322. The van der Waals surface area contributed by atoms with Gasteiger partial charge in [-0.1, -0.05) is 69.5 Å². The highest BCUT2D eigenvalue weighted by molar-refractivity contribution is 7.89. The molecule has 264 valence electrons. The predicted molar refractivity (Wildman–Crippen MR) is 183 cm³/mol. The minimum atomic E-state index is -3.89. The van der Waals surface area contributed by atoms with Crippen molar-refractivity contribution in [3.63, 3.8) is 0 Å². The molecule has 0 bridgehead atoms. The molecule has 0 spiro atoms. The molecular formula is C35H51N5O7S. The van der Waals surface area contributed by atoms with E-state index in [1.165, 1.54) is 18.1 Å². The van der Waals surface area contributed by atoms with Crippen LogP contribution in [0.15, 0.2) is 48.0 Å². The molecule has 4 atom stereocenters. The third-order valence-electron chi connectivity index (χ3n) is 8.81. The van der Waals surface area contributed by atoms with Crippen molar-refractivity contribution in [2.75, 3.05) is 12.9 Å². The number of benzene rings is 1. The highest BCUT2D eigenvalue weighted by Crippen LogP contribution is 2.23. The molecular weight excluding hydrogens is 634 g/mol. The lowest BCUT2D eigenvalue weighted by atomic mass is 9.92. The van der Waals surface area contributed by atoms with E-state index in [4.69, 9.17) is 9.47 Å². The van der Waals surface area contributed by atoms with Crippen LogP contribution in [0.3, 0.4) is 0 Å². The summed E-state index contributed by atoms with van der Waals surface area (Å²) in [5.41, 5.74) is 2.00. The number of amides is 3. The number of aromatic nitrogens is 2. The third-order valence-corrected chi connectivity index (χ3v) is 9.36. The number of hydrogen-bond acceptors (Lipinski definition) is 8. The molecule has 0 aliphatic heterocycles. The molecule has 0 unspecified atom stereocenters. The summed E-state index contributed by atoms with van der Waals surface area (Å²) in [5.74, 6) is -1.93. The van der Waals surface area contributed by atoms with Crippen LogP contribution in [0.2, 0.25) is 0 Å². The van der Waals surface area contributed by atoms with Crippen LogP contribution in [0.1, 0.15) is 111 Å². The largest absolute Gasteiger partial charge is 0.372 e. The number of nitrogens with zero attached hydrogens (tertiary/aromatic N) is 2. The maximum Gasteiger partial charge on any atom is 0.285 e. The number of hydrogen-bond donors (Lipinski definition) is 3. The monoisotopic (exact) mass is 685 g/mol. The summed E-state index contributed by atoms with van der Waals surface area (Å²) in [6, 6.07) is 10.5. The van der Waals surface area contributed by atoms with Crippen molar-refractivity contribution in [3.8, 4) is 0 Å². The fourth-order valence-electron chi connectivity index (χ4n) is 6.35. The van der Waals surface area contributed by atoms with E-state index >= 15 is 0 Å². The summed E-state index contributed by atoms with van der Waals surface area (Å²) in [7, 11) is -3.89. The molecule has 1 saturated carbocycles. The Morgan fingerprint density at radius 1 is 1.02 bits per heavy atom. The van der Waals surface area contributed by atoms with Crippen LogP contribution in [0.25, 0.3) is 0 Å². The number of carbonyl (C=O) groups is 3. The van der Waals surface area contributed by atoms with Gasteiger partial charge in [-0.25, -0.2) is 17.8 Å². The van der Waals surface area contributed by atoms with Gasteiger partial charge in [-0.2, -0.15) is 5.10 Å². The van der Waals surface area contributed by atoms with E-state index in [0.717, 1.165) is 67.9 Å². The van der Waals surface area contributed by atoms with Gasteiger partial charge in [0.2, 0.25) is 15.9 Å². The lowest BCUT2D eigenvalue weighted by molar-refractivity contribution is -0.124. The van der Waals surface area contributed by atoms with Gasteiger partial charge >= 0.3 is 0 Å². The molecule has 1 aromatic carbocycles. The smallest absolute Gasteiger partial charge is 0.285 e. The molecule has 3 N–H and O–H groups in total. The zero-order valence-electron chi connectivity index (χ0n) is 28.4. The van der Waals surface area contributed by atoms with E-state index in [9.17, 15) is 22.8 Å². The molecule has 4 rings (SSSR count). The Bertz CT molecular complexity index is 1510. The Balaban J connectivity index is 1.49. The highest BCUT2D eigenvalue weighted by atomic mass is 32.2. The Labute approximate surface area is 284 Å². The van der Waals surface area contributed by atoms with Crippen molar-refractivity contribution >= 4 is 27.7 Å². The number of ether oxygens (including phenoxy) is 2. The minimum Gasteiger partial charge on any atom is -0.372 e. The van der Waals surface area contributed by atoms with E-state index < -0.39 is 27.7 Å². The van der Waals surface area contributed by atoms with E-state index in [1.54, 1.807) is 0 Å². The fourth-order valence-corrected chi connectivity index (χ4v) is 6.79. The molecule has 1 heterocycles. The van der Waals surface area contributed by atoms with Crippen molar-refractivity contribution in [2.24, 2.45) is 0 Å². The van der Waals surface area contributed by atoms with Crippen LogP contribution in [0.5, 0.6) is 0 Å². The topological polar surface area (TPSA) is 158 Å². The SMILES string of the molecule is CCC[C@H](NC(=O)c1cc(C(=O)NS(C)(=O)=O)nn1CC(=O)N[C@H]1CCCC[C@@H]1OCc1ccccc1)[C@H](CC)OCC1=CCCCC1. The number of sulfonamides is 1. The second-order valence-corrected chi connectivity index (χ2v) is 14.6. The van der Waals surface area contributed by atoms with Crippen LogP contribution >= 0.6 is 0 Å². The summed E-state index contributed by atoms with van der Waals surface area (Å²) >= 11 is 0. The van der Waals surface area contributed by atoms with Gasteiger partial charge in [-0.15, -0.1) is 0 Å². The van der Waals surface area contributed by atoms with E-state index in [0.29, 0.717) is 26.1 Å². The van der Waals surface area contributed by atoms with Gasteiger partial charge in [0, 0.05) is 6.07 Å². The lowest BCUT2D eigenvalue weighted by Crippen LogP contribution is -2.48. The first-order valence-corrected chi connectivity index (χ1v) is 19.1. The molecule has 2 aliphatic rings. The first-order chi connectivity index (χ1) is 23.1. The van der Waals surface area contributed by atoms with Crippen LogP contribution in [-0.2, 0) is 37.4 Å². The number of nitrogens with one attached hydrogen (secondary N) is 3. The maximum atomic E-state index is 13.8. The number of allylic oxidation sites excluding steroid dienone is 1. The number of carbonyl (C=O) groups excluding carboxylic acids is 3. The highest BCUT2D eigenvalue weighted by Gasteiger charge is 2.30. The zero-order chi connectivity index (χ0) is 34.5. The molecule has 13 heteroatoms. The van der Waals surface area contributed by atoms with Gasteiger partial charge in [-0.3, -0.25) is 14.4 Å².